The van der Waals surface area contributed by atoms with Crippen LogP contribution in [0.15, 0.2) is 24.3 Å². The van der Waals surface area contributed by atoms with Gasteiger partial charge in [-0.1, -0.05) is 24.3 Å². The molecular formula is C19H29N3O2. The van der Waals surface area contributed by atoms with E-state index in [1.54, 1.807) is 0 Å². The van der Waals surface area contributed by atoms with Crippen molar-refractivity contribution < 1.29 is 9.90 Å². The molecule has 1 aromatic carbocycles. The molecule has 0 radical (unpaired) electrons. The predicted molar refractivity (Wildman–Crippen MR) is 94.7 cm³/mol. The summed E-state index contributed by atoms with van der Waals surface area (Å²) in [7, 11) is 0. The van der Waals surface area contributed by atoms with E-state index in [0.29, 0.717) is 25.7 Å². The summed E-state index contributed by atoms with van der Waals surface area (Å²) in [6, 6.07) is 8.99. The Morgan fingerprint density at radius 2 is 2.12 bits per heavy atom. The molecular weight excluding hydrogens is 302 g/mol. The van der Waals surface area contributed by atoms with Crippen LogP contribution >= 0.6 is 0 Å². The summed E-state index contributed by atoms with van der Waals surface area (Å²) < 4.78 is 0. The molecule has 0 aromatic heterocycles. The third kappa shape index (κ3) is 4.56. The second kappa shape index (κ2) is 8.10. The summed E-state index contributed by atoms with van der Waals surface area (Å²) in [4.78, 5) is 16.5. The Balaban J connectivity index is 1.38. The van der Waals surface area contributed by atoms with Crippen molar-refractivity contribution in [3.8, 4) is 0 Å². The topological polar surface area (TPSA) is 55.8 Å². The predicted octanol–water partition coefficient (Wildman–Crippen LogP) is 1.01. The highest BCUT2D eigenvalue weighted by molar-refractivity contribution is 5.78. The molecule has 1 aromatic rings. The van der Waals surface area contributed by atoms with Gasteiger partial charge < -0.3 is 10.4 Å². The number of carbonyl (C=O) groups excluding carboxylic acids is 1. The van der Waals surface area contributed by atoms with E-state index in [1.165, 1.54) is 24.0 Å². The first kappa shape index (κ1) is 17.4. The van der Waals surface area contributed by atoms with Crippen molar-refractivity contribution in [3.05, 3.63) is 35.4 Å². The molecule has 2 heterocycles. The lowest BCUT2D eigenvalue weighted by molar-refractivity contribution is -0.122. The quantitative estimate of drug-likeness (QED) is 0.817. The lowest BCUT2D eigenvalue weighted by atomic mass is 10.00. The second-order valence-electron chi connectivity index (χ2n) is 7.17. The largest absolute Gasteiger partial charge is 0.390 e. The van der Waals surface area contributed by atoms with Crippen LogP contribution in [0.1, 0.15) is 30.9 Å². The standard InChI is InChI=1S/C19H29N3O2/c1-15-5-4-9-22(15)14-19(24)20-11-18(23)13-21-10-8-16-6-2-3-7-17(16)12-21/h2-3,6-7,15,18,23H,4-5,8-14H2,1H3,(H,20,24). The zero-order chi connectivity index (χ0) is 16.9. The number of nitrogens with one attached hydrogen (secondary N) is 1. The number of carbonyl (C=O) groups is 1. The summed E-state index contributed by atoms with van der Waals surface area (Å²) in [5.41, 5.74) is 2.76. The molecule has 2 unspecified atom stereocenters. The van der Waals surface area contributed by atoms with E-state index in [2.05, 4.69) is 46.3 Å². The third-order valence-electron chi connectivity index (χ3n) is 5.25. The van der Waals surface area contributed by atoms with E-state index in [0.717, 1.165) is 26.1 Å². The number of hydrogen-bond acceptors (Lipinski definition) is 4. The van der Waals surface area contributed by atoms with Crippen LogP contribution in [-0.2, 0) is 17.8 Å². The molecule has 0 aliphatic carbocycles. The van der Waals surface area contributed by atoms with E-state index >= 15 is 0 Å². The molecule has 0 spiro atoms. The zero-order valence-corrected chi connectivity index (χ0v) is 14.6. The molecule has 1 amide bonds. The molecule has 2 aliphatic heterocycles. The van der Waals surface area contributed by atoms with Crippen LogP contribution in [0.2, 0.25) is 0 Å². The maximum Gasteiger partial charge on any atom is 0.234 e. The normalized spacial score (nSPS) is 23.0. The smallest absolute Gasteiger partial charge is 0.234 e. The fourth-order valence-electron chi connectivity index (χ4n) is 3.77. The van der Waals surface area contributed by atoms with Crippen molar-refractivity contribution >= 4 is 5.91 Å². The first-order valence-electron chi connectivity index (χ1n) is 9.10. The number of likely N-dealkylation sites (tertiary alicyclic amines) is 1. The monoisotopic (exact) mass is 331 g/mol. The van der Waals surface area contributed by atoms with Crippen LogP contribution in [0.3, 0.4) is 0 Å². The Morgan fingerprint density at radius 1 is 1.33 bits per heavy atom. The SMILES string of the molecule is CC1CCCN1CC(=O)NCC(O)CN1CCc2ccccc2C1. The Bertz CT molecular complexity index is 563. The Hall–Kier alpha value is -1.43. The van der Waals surface area contributed by atoms with Crippen molar-refractivity contribution in [3.63, 3.8) is 0 Å². The van der Waals surface area contributed by atoms with Crippen LogP contribution < -0.4 is 5.32 Å². The minimum absolute atomic E-state index is 0.0202. The van der Waals surface area contributed by atoms with Crippen molar-refractivity contribution in [2.75, 3.05) is 32.7 Å². The molecule has 1 fully saturated rings. The van der Waals surface area contributed by atoms with Crippen LogP contribution in [0, 0.1) is 0 Å². The molecule has 1 saturated heterocycles. The number of amides is 1. The number of hydrogen-bond donors (Lipinski definition) is 2. The number of nitrogens with zero attached hydrogens (tertiary/aromatic N) is 2. The lowest BCUT2D eigenvalue weighted by Crippen LogP contribution is -2.44. The van der Waals surface area contributed by atoms with E-state index < -0.39 is 6.10 Å². The second-order valence-corrected chi connectivity index (χ2v) is 7.17. The van der Waals surface area contributed by atoms with Gasteiger partial charge in [0.15, 0.2) is 0 Å². The summed E-state index contributed by atoms with van der Waals surface area (Å²) in [5, 5.41) is 13.1. The first-order valence-corrected chi connectivity index (χ1v) is 9.10. The van der Waals surface area contributed by atoms with Crippen molar-refractivity contribution in [2.24, 2.45) is 0 Å². The van der Waals surface area contributed by atoms with Crippen molar-refractivity contribution in [2.45, 2.75) is 44.9 Å². The number of β-amino-alcohol motifs (C(OH)–C–C–N with tert-alkyl or cyclic N) is 1. The Kier molecular flexibility index (Phi) is 5.87. The molecule has 2 aliphatic rings. The molecule has 2 atom stereocenters. The van der Waals surface area contributed by atoms with Gasteiger partial charge in [0.2, 0.25) is 5.91 Å². The van der Waals surface area contributed by atoms with Gasteiger partial charge in [-0.3, -0.25) is 14.6 Å². The van der Waals surface area contributed by atoms with Gasteiger partial charge in [0.25, 0.3) is 0 Å². The van der Waals surface area contributed by atoms with Gasteiger partial charge in [0, 0.05) is 32.2 Å². The molecule has 5 nitrogen and oxygen atoms in total. The van der Waals surface area contributed by atoms with Gasteiger partial charge in [0.1, 0.15) is 0 Å². The number of fused-ring (bicyclic) bond motifs is 1. The fraction of sp³-hybridized carbons (Fsp3) is 0.632. The van der Waals surface area contributed by atoms with E-state index in [9.17, 15) is 9.90 Å². The van der Waals surface area contributed by atoms with Crippen LogP contribution in [0.25, 0.3) is 0 Å². The molecule has 132 valence electrons. The molecule has 24 heavy (non-hydrogen) atoms. The lowest BCUT2D eigenvalue weighted by Gasteiger charge is -2.30. The number of benzene rings is 1. The maximum absolute atomic E-state index is 12.0. The summed E-state index contributed by atoms with van der Waals surface area (Å²) >= 11 is 0. The van der Waals surface area contributed by atoms with E-state index in [4.69, 9.17) is 0 Å². The van der Waals surface area contributed by atoms with Crippen LogP contribution in [-0.4, -0.2) is 65.7 Å². The Morgan fingerprint density at radius 3 is 2.88 bits per heavy atom. The number of aliphatic hydroxyl groups excluding tert-OH is 1. The highest BCUT2D eigenvalue weighted by atomic mass is 16.3. The highest BCUT2D eigenvalue weighted by Gasteiger charge is 2.23. The zero-order valence-electron chi connectivity index (χ0n) is 14.6. The van der Waals surface area contributed by atoms with Crippen molar-refractivity contribution in [1.29, 1.82) is 0 Å². The first-order chi connectivity index (χ1) is 11.6. The molecule has 2 N–H and O–H groups in total. The van der Waals surface area contributed by atoms with E-state index in [-0.39, 0.29) is 5.91 Å². The van der Waals surface area contributed by atoms with Gasteiger partial charge in [-0.15, -0.1) is 0 Å². The maximum atomic E-state index is 12.0. The third-order valence-corrected chi connectivity index (χ3v) is 5.25. The molecule has 0 saturated carbocycles. The summed E-state index contributed by atoms with van der Waals surface area (Å²) in [6.07, 6.45) is 2.86. The number of aliphatic hydroxyl groups is 1. The molecule has 3 rings (SSSR count). The van der Waals surface area contributed by atoms with Crippen LogP contribution in [0.4, 0.5) is 0 Å². The molecule has 5 heteroatoms. The average Bonchev–Trinajstić information content (AvgIpc) is 2.98. The molecule has 0 bridgehead atoms. The number of rotatable bonds is 6. The van der Waals surface area contributed by atoms with Crippen molar-refractivity contribution in [1.82, 2.24) is 15.1 Å². The average molecular weight is 331 g/mol. The van der Waals surface area contributed by atoms with Gasteiger partial charge in [0.05, 0.1) is 12.6 Å². The summed E-state index contributed by atoms with van der Waals surface area (Å²) in [6.45, 7) is 6.41. The summed E-state index contributed by atoms with van der Waals surface area (Å²) in [5.74, 6) is 0.0202. The fourth-order valence-corrected chi connectivity index (χ4v) is 3.77. The van der Waals surface area contributed by atoms with Gasteiger partial charge in [-0.25, -0.2) is 0 Å². The van der Waals surface area contributed by atoms with E-state index in [1.807, 2.05) is 0 Å². The minimum Gasteiger partial charge on any atom is -0.390 e. The van der Waals surface area contributed by atoms with Crippen LogP contribution in [0.5, 0.6) is 0 Å². The van der Waals surface area contributed by atoms with Gasteiger partial charge in [-0.05, 0) is 43.9 Å². The Labute approximate surface area is 144 Å². The van der Waals surface area contributed by atoms with Gasteiger partial charge >= 0.3 is 0 Å². The van der Waals surface area contributed by atoms with Gasteiger partial charge in [-0.2, -0.15) is 0 Å². The minimum atomic E-state index is -0.518. The highest BCUT2D eigenvalue weighted by Crippen LogP contribution is 2.18.